The van der Waals surface area contributed by atoms with Gasteiger partial charge in [0.2, 0.25) is 0 Å². The smallest absolute Gasteiger partial charge is 0.416 e. The van der Waals surface area contributed by atoms with E-state index in [9.17, 15) is 18.0 Å². The molecule has 0 radical (unpaired) electrons. The lowest BCUT2D eigenvalue weighted by Gasteiger charge is -2.10. The lowest BCUT2D eigenvalue weighted by atomic mass is 10.1. The van der Waals surface area contributed by atoms with Crippen LogP contribution in [0.5, 0.6) is 11.8 Å². The molecule has 1 N–H and O–H groups in total. The number of carbonyl (C=O) groups excluding carboxylic acids is 1. The monoisotopic (exact) mass is 496 g/mol. The summed E-state index contributed by atoms with van der Waals surface area (Å²) in [6.45, 7) is 3.59. The molecule has 3 aromatic carbocycles. The van der Waals surface area contributed by atoms with Crippen molar-refractivity contribution in [3.05, 3.63) is 83.9 Å². The third-order valence-corrected chi connectivity index (χ3v) is 5.10. The SMILES string of the molecule is COc1ccc(C(=O)Nc2ccc(-n3nc(OC(C)C)nc3-c3cccc(C(F)(F)F)c3)cc2)cc1. The Morgan fingerprint density at radius 3 is 2.31 bits per heavy atom. The lowest BCUT2D eigenvalue weighted by molar-refractivity contribution is -0.137. The molecule has 36 heavy (non-hydrogen) atoms. The fourth-order valence-corrected chi connectivity index (χ4v) is 3.39. The summed E-state index contributed by atoms with van der Waals surface area (Å²) in [7, 11) is 1.54. The number of nitrogens with one attached hydrogen (secondary N) is 1. The van der Waals surface area contributed by atoms with Gasteiger partial charge in [-0.05, 0) is 74.5 Å². The van der Waals surface area contributed by atoms with Crippen molar-refractivity contribution in [3.63, 3.8) is 0 Å². The standard InChI is InChI=1S/C26H23F3N4O3/c1-16(2)36-25-31-23(18-5-4-6-19(15-18)26(27,28)29)33(32-25)21-11-9-20(10-12-21)30-24(34)17-7-13-22(35-3)14-8-17/h4-16H,1-3H3,(H,30,34). The van der Waals surface area contributed by atoms with E-state index in [1.54, 1.807) is 69.5 Å². The molecular weight excluding hydrogens is 473 g/mol. The highest BCUT2D eigenvalue weighted by Crippen LogP contribution is 2.33. The first-order valence-corrected chi connectivity index (χ1v) is 11.0. The molecule has 1 aromatic heterocycles. The van der Waals surface area contributed by atoms with E-state index in [0.29, 0.717) is 22.7 Å². The van der Waals surface area contributed by atoms with Crippen molar-refractivity contribution in [2.24, 2.45) is 0 Å². The first kappa shape index (κ1) is 24.8. The minimum atomic E-state index is -4.50. The molecule has 0 aliphatic carbocycles. The molecule has 7 nitrogen and oxygen atoms in total. The van der Waals surface area contributed by atoms with E-state index in [1.807, 2.05) is 0 Å². The third-order valence-electron chi connectivity index (χ3n) is 5.10. The van der Waals surface area contributed by atoms with Gasteiger partial charge < -0.3 is 14.8 Å². The number of hydrogen-bond donors (Lipinski definition) is 1. The number of amides is 1. The van der Waals surface area contributed by atoms with Crippen LogP contribution in [0.2, 0.25) is 0 Å². The lowest BCUT2D eigenvalue weighted by Crippen LogP contribution is -2.12. The van der Waals surface area contributed by atoms with Crippen molar-refractivity contribution in [1.29, 1.82) is 0 Å². The normalized spacial score (nSPS) is 11.4. The van der Waals surface area contributed by atoms with E-state index in [2.05, 4.69) is 15.4 Å². The number of methoxy groups -OCH3 is 1. The third kappa shape index (κ3) is 5.65. The number of hydrogen-bond acceptors (Lipinski definition) is 5. The molecule has 0 saturated heterocycles. The van der Waals surface area contributed by atoms with Crippen LogP contribution in [0.25, 0.3) is 17.1 Å². The average Bonchev–Trinajstić information content (AvgIpc) is 3.27. The zero-order valence-electron chi connectivity index (χ0n) is 19.7. The van der Waals surface area contributed by atoms with Crippen LogP contribution in [0.3, 0.4) is 0 Å². The van der Waals surface area contributed by atoms with Crippen molar-refractivity contribution in [3.8, 4) is 28.8 Å². The zero-order valence-corrected chi connectivity index (χ0v) is 19.7. The van der Waals surface area contributed by atoms with Gasteiger partial charge in [0.25, 0.3) is 5.91 Å². The van der Waals surface area contributed by atoms with E-state index < -0.39 is 11.7 Å². The predicted molar refractivity (Wildman–Crippen MR) is 129 cm³/mol. The molecule has 1 amide bonds. The fourth-order valence-electron chi connectivity index (χ4n) is 3.39. The maximum atomic E-state index is 13.3. The summed E-state index contributed by atoms with van der Waals surface area (Å²) in [4.78, 5) is 16.9. The molecule has 0 bridgehead atoms. The Balaban J connectivity index is 1.63. The van der Waals surface area contributed by atoms with Crippen LogP contribution in [-0.2, 0) is 6.18 Å². The maximum Gasteiger partial charge on any atom is 0.416 e. The number of ether oxygens (including phenoxy) is 2. The highest BCUT2D eigenvalue weighted by Gasteiger charge is 2.31. The number of halogens is 3. The molecule has 1 heterocycles. The zero-order chi connectivity index (χ0) is 25.9. The van der Waals surface area contributed by atoms with Gasteiger partial charge in [-0.1, -0.05) is 12.1 Å². The van der Waals surface area contributed by atoms with Gasteiger partial charge in [0, 0.05) is 16.8 Å². The van der Waals surface area contributed by atoms with Gasteiger partial charge in [-0.15, -0.1) is 5.10 Å². The quantitative estimate of drug-likeness (QED) is 0.340. The van der Waals surface area contributed by atoms with E-state index in [4.69, 9.17) is 9.47 Å². The van der Waals surface area contributed by atoms with Gasteiger partial charge in [-0.3, -0.25) is 4.79 Å². The van der Waals surface area contributed by atoms with Gasteiger partial charge in [0.15, 0.2) is 5.82 Å². The van der Waals surface area contributed by atoms with E-state index in [0.717, 1.165) is 12.1 Å². The summed E-state index contributed by atoms with van der Waals surface area (Å²) in [5.41, 5.74) is 0.943. The van der Waals surface area contributed by atoms with Crippen molar-refractivity contribution >= 4 is 11.6 Å². The summed E-state index contributed by atoms with van der Waals surface area (Å²) >= 11 is 0. The molecule has 0 atom stereocenters. The minimum absolute atomic E-state index is 0.0364. The van der Waals surface area contributed by atoms with Crippen molar-refractivity contribution in [2.75, 3.05) is 12.4 Å². The molecule has 0 unspecified atom stereocenters. The first-order chi connectivity index (χ1) is 17.1. The van der Waals surface area contributed by atoms with E-state index in [-0.39, 0.29) is 29.4 Å². The Morgan fingerprint density at radius 1 is 1.00 bits per heavy atom. The van der Waals surface area contributed by atoms with Crippen LogP contribution >= 0.6 is 0 Å². The van der Waals surface area contributed by atoms with Gasteiger partial charge in [-0.2, -0.15) is 18.2 Å². The summed E-state index contributed by atoms with van der Waals surface area (Å²) < 4.78 is 51.9. The van der Waals surface area contributed by atoms with E-state index in [1.165, 1.54) is 16.8 Å². The highest BCUT2D eigenvalue weighted by molar-refractivity contribution is 6.04. The number of benzene rings is 3. The van der Waals surface area contributed by atoms with E-state index >= 15 is 0 Å². The Hall–Kier alpha value is -4.34. The second-order valence-electron chi connectivity index (χ2n) is 8.10. The summed E-state index contributed by atoms with van der Waals surface area (Å²) in [6, 6.07) is 18.2. The maximum absolute atomic E-state index is 13.3. The van der Waals surface area contributed by atoms with Gasteiger partial charge in [0.1, 0.15) is 5.75 Å². The van der Waals surface area contributed by atoms with Gasteiger partial charge in [-0.25, -0.2) is 4.68 Å². The summed E-state index contributed by atoms with van der Waals surface area (Å²) in [6.07, 6.45) is -4.73. The molecule has 0 fully saturated rings. The average molecular weight is 496 g/mol. The largest absolute Gasteiger partial charge is 0.497 e. The second kappa shape index (κ2) is 10.1. The number of carbonyl (C=O) groups is 1. The summed E-state index contributed by atoms with van der Waals surface area (Å²) in [5, 5.41) is 7.15. The Bertz CT molecular complexity index is 1350. The summed E-state index contributed by atoms with van der Waals surface area (Å²) in [5.74, 6) is 0.524. The second-order valence-corrected chi connectivity index (χ2v) is 8.10. The molecule has 0 saturated carbocycles. The number of alkyl halides is 3. The topological polar surface area (TPSA) is 78.3 Å². The minimum Gasteiger partial charge on any atom is -0.497 e. The molecule has 4 aromatic rings. The molecule has 0 spiro atoms. The van der Waals surface area contributed by atoms with Crippen LogP contribution in [0.1, 0.15) is 29.8 Å². The fraction of sp³-hybridized carbons (Fsp3) is 0.192. The van der Waals surface area contributed by atoms with Crippen LogP contribution < -0.4 is 14.8 Å². The van der Waals surface area contributed by atoms with Gasteiger partial charge in [0.05, 0.1) is 24.5 Å². The molecule has 10 heteroatoms. The molecule has 186 valence electrons. The number of nitrogens with zero attached hydrogens (tertiary/aromatic N) is 3. The Morgan fingerprint density at radius 2 is 1.69 bits per heavy atom. The highest BCUT2D eigenvalue weighted by atomic mass is 19.4. The molecular formula is C26H23F3N4O3. The number of rotatable bonds is 7. The Labute approximate surface area is 205 Å². The van der Waals surface area contributed by atoms with Crippen molar-refractivity contribution in [1.82, 2.24) is 14.8 Å². The van der Waals surface area contributed by atoms with Crippen LogP contribution in [0, 0.1) is 0 Å². The molecule has 0 aliphatic rings. The van der Waals surface area contributed by atoms with Crippen LogP contribution in [0.4, 0.5) is 18.9 Å². The Kier molecular flexibility index (Phi) is 6.96. The van der Waals surface area contributed by atoms with Crippen LogP contribution in [-0.4, -0.2) is 33.9 Å². The predicted octanol–water partition coefficient (Wildman–Crippen LogP) is 6.00. The molecule has 0 aliphatic heterocycles. The molecule has 4 rings (SSSR count). The van der Waals surface area contributed by atoms with Crippen molar-refractivity contribution < 1.29 is 27.4 Å². The van der Waals surface area contributed by atoms with Crippen molar-refractivity contribution in [2.45, 2.75) is 26.1 Å². The van der Waals surface area contributed by atoms with Gasteiger partial charge >= 0.3 is 12.2 Å². The number of aromatic nitrogens is 3. The van der Waals surface area contributed by atoms with Crippen LogP contribution in [0.15, 0.2) is 72.8 Å². The number of anilines is 1. The first-order valence-electron chi connectivity index (χ1n) is 11.0.